The van der Waals surface area contributed by atoms with Gasteiger partial charge < -0.3 is 10.0 Å². The number of unbranched alkanes of at least 4 members (excludes halogenated alkanes) is 2. The zero-order chi connectivity index (χ0) is 35.2. The largest absolute Gasteiger partial charge is 0.481 e. The van der Waals surface area contributed by atoms with Gasteiger partial charge in [0.15, 0.2) is 5.71 Å². The molecule has 2 aromatic carbocycles. The number of carboxylic acid groups (broad SMARTS) is 1. The molecule has 0 amide bonds. The lowest BCUT2D eigenvalue weighted by Crippen LogP contribution is -2.27. The Morgan fingerprint density at radius 3 is 2.11 bits per heavy atom. The number of rotatable bonds is 9. The number of fused-ring (bicyclic) bond motifs is 2. The lowest BCUT2D eigenvalue weighted by molar-refractivity contribution is -0.401. The highest BCUT2D eigenvalue weighted by Crippen LogP contribution is 2.48. The topological polar surface area (TPSA) is 43.5 Å². The van der Waals surface area contributed by atoms with Gasteiger partial charge in [-0.25, -0.2) is 0 Å². The first-order chi connectivity index (χ1) is 22.6. The van der Waals surface area contributed by atoms with Crippen LogP contribution in [0, 0.1) is 0 Å². The smallest absolute Gasteiger partial charge is 0.303 e. The summed E-state index contributed by atoms with van der Waals surface area (Å²) >= 11 is 0. The summed E-state index contributed by atoms with van der Waals surface area (Å²) in [6.45, 7) is 22.2. The Bertz CT molecular complexity index is 1480. The fraction of sp³-hybridized carbons (Fsp3) is 0.488. The zero-order valence-electron chi connectivity index (χ0n) is 31.4. The van der Waals surface area contributed by atoms with E-state index in [-0.39, 0.29) is 17.3 Å². The molecular weight excluding hydrogens is 576 g/mol. The molecule has 2 aliphatic heterocycles. The van der Waals surface area contributed by atoms with Crippen LogP contribution in [0.5, 0.6) is 0 Å². The predicted octanol–water partition coefficient (Wildman–Crippen LogP) is 11.7. The van der Waals surface area contributed by atoms with Crippen LogP contribution in [0.4, 0.5) is 11.4 Å². The van der Waals surface area contributed by atoms with Crippen molar-refractivity contribution in [2.45, 2.75) is 125 Å². The quantitative estimate of drug-likeness (QED) is 0.219. The van der Waals surface area contributed by atoms with E-state index in [0.717, 1.165) is 45.1 Å². The second-order valence-electron chi connectivity index (χ2n) is 12.8. The predicted molar refractivity (Wildman–Crippen MR) is 205 cm³/mol. The standard InChI is InChI=1S/C37H44N2O2.3C2H6/c1-36(2)29-16-8-10-18-31(29)38(5)33(36)23-21-27-14-13-15-28(26-27)22-24-34-37(3,4)30-17-9-11-19-32(30)39(34)25-12-6-7-20-35(40)41;3*1-2/h8-11,16-19,21-24,26H,6-7,12-15,20,25H2,1-5H3;3*1-2H3/p+1. The SMILES string of the molecule is CC.CC.CC.C[N+]1=C(/C=C/C2=CC(=C/C=C3/N(CCCCCC(=O)O)c4ccccc4C3(C)C)/CCC2)C(C)(C)c2ccccc21. The highest BCUT2D eigenvalue weighted by atomic mass is 16.4. The van der Waals surface area contributed by atoms with Crippen LogP contribution < -0.4 is 4.90 Å². The van der Waals surface area contributed by atoms with Crippen molar-refractivity contribution in [3.63, 3.8) is 0 Å². The molecule has 0 bridgehead atoms. The van der Waals surface area contributed by atoms with E-state index in [4.69, 9.17) is 5.11 Å². The van der Waals surface area contributed by atoms with E-state index in [1.54, 1.807) is 0 Å². The van der Waals surface area contributed by atoms with E-state index in [1.807, 2.05) is 41.5 Å². The average molecular weight is 640 g/mol. The molecular formula is C43H63N2O2+. The van der Waals surface area contributed by atoms with E-state index < -0.39 is 5.97 Å². The summed E-state index contributed by atoms with van der Waals surface area (Å²) in [7, 11) is 2.18. The number of allylic oxidation sites excluding steroid dienone is 8. The lowest BCUT2D eigenvalue weighted by Gasteiger charge is -2.27. The first kappa shape index (κ1) is 39.5. The van der Waals surface area contributed by atoms with Crippen molar-refractivity contribution in [1.29, 1.82) is 0 Å². The molecule has 0 radical (unpaired) electrons. The van der Waals surface area contributed by atoms with Crippen molar-refractivity contribution in [3.8, 4) is 0 Å². The highest BCUT2D eigenvalue weighted by Gasteiger charge is 2.42. The third-order valence-electron chi connectivity index (χ3n) is 9.22. The van der Waals surface area contributed by atoms with Gasteiger partial charge in [-0.1, -0.05) is 116 Å². The van der Waals surface area contributed by atoms with Gasteiger partial charge in [0.05, 0.1) is 5.41 Å². The fourth-order valence-corrected chi connectivity index (χ4v) is 6.92. The van der Waals surface area contributed by atoms with Gasteiger partial charge in [-0.2, -0.15) is 4.58 Å². The fourth-order valence-electron chi connectivity index (χ4n) is 6.92. The molecule has 1 N–H and O–H groups in total. The third kappa shape index (κ3) is 9.24. The number of aliphatic carboxylic acids is 1. The number of carbonyl (C=O) groups is 1. The molecule has 0 saturated carbocycles. The minimum absolute atomic E-state index is 0.0136. The summed E-state index contributed by atoms with van der Waals surface area (Å²) < 4.78 is 2.34. The van der Waals surface area contributed by atoms with E-state index in [0.29, 0.717) is 0 Å². The maximum Gasteiger partial charge on any atom is 0.303 e. The molecule has 0 aromatic heterocycles. The van der Waals surface area contributed by atoms with Gasteiger partial charge in [-0.3, -0.25) is 4.79 Å². The molecule has 5 rings (SSSR count). The molecule has 2 aromatic rings. The molecule has 0 atom stereocenters. The van der Waals surface area contributed by atoms with Crippen LogP contribution >= 0.6 is 0 Å². The van der Waals surface area contributed by atoms with Gasteiger partial charge in [0, 0.05) is 47.5 Å². The third-order valence-corrected chi connectivity index (χ3v) is 9.22. The zero-order valence-corrected chi connectivity index (χ0v) is 31.4. The van der Waals surface area contributed by atoms with Crippen molar-refractivity contribution in [2.75, 3.05) is 18.5 Å². The Balaban J connectivity index is 0.00000121. The molecule has 4 heteroatoms. The molecule has 4 nitrogen and oxygen atoms in total. The molecule has 0 unspecified atom stereocenters. The number of nitrogens with zero attached hydrogens (tertiary/aromatic N) is 2. The minimum atomic E-state index is -0.706. The van der Waals surface area contributed by atoms with Gasteiger partial charge in [0.25, 0.3) is 0 Å². The molecule has 47 heavy (non-hydrogen) atoms. The van der Waals surface area contributed by atoms with E-state index in [2.05, 4.69) is 123 Å². The Kier molecular flexibility index (Phi) is 15.7. The number of hydrogen-bond acceptors (Lipinski definition) is 2. The van der Waals surface area contributed by atoms with Crippen LogP contribution in [0.3, 0.4) is 0 Å². The number of benzene rings is 2. The summed E-state index contributed by atoms with van der Waals surface area (Å²) in [5.41, 5.74) is 10.7. The van der Waals surface area contributed by atoms with Crippen molar-refractivity contribution >= 4 is 23.1 Å². The van der Waals surface area contributed by atoms with Crippen LogP contribution in [-0.2, 0) is 15.6 Å². The maximum absolute atomic E-state index is 10.9. The average Bonchev–Trinajstić information content (AvgIpc) is 3.43. The molecule has 256 valence electrons. The highest BCUT2D eigenvalue weighted by molar-refractivity contribution is 6.03. The monoisotopic (exact) mass is 639 g/mol. The maximum atomic E-state index is 10.9. The van der Waals surface area contributed by atoms with Gasteiger partial charge in [0.1, 0.15) is 7.05 Å². The second-order valence-corrected chi connectivity index (χ2v) is 12.8. The van der Waals surface area contributed by atoms with E-state index in [9.17, 15) is 4.79 Å². The summed E-state index contributed by atoms with van der Waals surface area (Å²) in [5.74, 6) is -0.706. The molecule has 0 fully saturated rings. The van der Waals surface area contributed by atoms with Gasteiger partial charge in [-0.05, 0) is 74.8 Å². The molecule has 1 aliphatic carbocycles. The second kappa shape index (κ2) is 18.6. The summed E-state index contributed by atoms with van der Waals surface area (Å²) in [5, 5.41) is 9.00. The molecule has 3 aliphatic rings. The lowest BCUT2D eigenvalue weighted by atomic mass is 9.81. The summed E-state index contributed by atoms with van der Waals surface area (Å²) in [6, 6.07) is 17.5. The van der Waals surface area contributed by atoms with Gasteiger partial charge >= 0.3 is 5.97 Å². The first-order valence-electron chi connectivity index (χ1n) is 18.2. The van der Waals surface area contributed by atoms with Crippen LogP contribution in [0.15, 0.2) is 95.8 Å². The summed E-state index contributed by atoms with van der Waals surface area (Å²) in [6.07, 6.45) is 18.0. The van der Waals surface area contributed by atoms with Crippen molar-refractivity contribution in [3.05, 3.63) is 107 Å². The van der Waals surface area contributed by atoms with E-state index >= 15 is 0 Å². The Hall–Kier alpha value is -3.66. The van der Waals surface area contributed by atoms with Crippen LogP contribution in [0.25, 0.3) is 0 Å². The first-order valence-corrected chi connectivity index (χ1v) is 18.2. The van der Waals surface area contributed by atoms with Crippen molar-refractivity contribution < 1.29 is 14.5 Å². The van der Waals surface area contributed by atoms with Crippen molar-refractivity contribution in [2.24, 2.45) is 0 Å². The minimum Gasteiger partial charge on any atom is -0.481 e. The molecule has 0 spiro atoms. The Morgan fingerprint density at radius 2 is 1.45 bits per heavy atom. The number of hydrogen-bond donors (Lipinski definition) is 1. The number of anilines is 1. The van der Waals surface area contributed by atoms with Gasteiger partial charge in [-0.15, -0.1) is 0 Å². The van der Waals surface area contributed by atoms with Gasteiger partial charge in [0.2, 0.25) is 5.69 Å². The Labute approximate surface area is 287 Å². The number of para-hydroxylation sites is 2. The summed E-state index contributed by atoms with van der Waals surface area (Å²) in [4.78, 5) is 13.4. The molecule has 0 saturated heterocycles. The van der Waals surface area contributed by atoms with Crippen molar-refractivity contribution in [1.82, 2.24) is 0 Å². The molecule has 2 heterocycles. The van der Waals surface area contributed by atoms with Crippen LogP contribution in [0.2, 0.25) is 0 Å². The van der Waals surface area contributed by atoms with Crippen LogP contribution in [0.1, 0.15) is 125 Å². The normalized spacial score (nSPS) is 18.8. The Morgan fingerprint density at radius 1 is 0.809 bits per heavy atom. The van der Waals surface area contributed by atoms with E-state index in [1.165, 1.54) is 45.1 Å². The van der Waals surface area contributed by atoms with Crippen LogP contribution in [-0.4, -0.2) is 35.0 Å². The number of carboxylic acids is 1.